The maximum atomic E-state index is 12.0. The highest BCUT2D eigenvalue weighted by Crippen LogP contribution is 2.18. The monoisotopic (exact) mass is 292 g/mol. The van der Waals surface area contributed by atoms with Gasteiger partial charge >= 0.3 is 0 Å². The Bertz CT molecular complexity index is 527. The SMILES string of the molecule is NC(=O)c1cc(N)ccc1NCCC(=O)N1CCOCC1. The second kappa shape index (κ2) is 6.94. The van der Waals surface area contributed by atoms with Gasteiger partial charge in [0.15, 0.2) is 0 Å². The van der Waals surface area contributed by atoms with Crippen molar-refractivity contribution in [2.45, 2.75) is 6.42 Å². The number of nitrogens with two attached hydrogens (primary N) is 2. The average Bonchev–Trinajstić information content (AvgIpc) is 2.49. The number of anilines is 2. The zero-order chi connectivity index (χ0) is 15.2. The number of amides is 2. The Morgan fingerprint density at radius 1 is 1.29 bits per heavy atom. The Morgan fingerprint density at radius 3 is 2.67 bits per heavy atom. The van der Waals surface area contributed by atoms with Crippen LogP contribution in [0.25, 0.3) is 0 Å². The van der Waals surface area contributed by atoms with E-state index < -0.39 is 5.91 Å². The summed E-state index contributed by atoms with van der Waals surface area (Å²) in [4.78, 5) is 25.1. The van der Waals surface area contributed by atoms with Crippen molar-refractivity contribution in [2.75, 3.05) is 43.9 Å². The number of carbonyl (C=O) groups is 2. The summed E-state index contributed by atoms with van der Waals surface area (Å²) in [6.07, 6.45) is 0.350. The zero-order valence-corrected chi connectivity index (χ0v) is 11.8. The van der Waals surface area contributed by atoms with E-state index in [1.165, 1.54) is 6.07 Å². The molecule has 1 aromatic carbocycles. The van der Waals surface area contributed by atoms with Crippen molar-refractivity contribution < 1.29 is 14.3 Å². The molecule has 0 unspecified atom stereocenters. The molecule has 1 aliphatic rings. The number of ether oxygens (including phenoxy) is 1. The van der Waals surface area contributed by atoms with Crippen LogP contribution in [0.4, 0.5) is 11.4 Å². The van der Waals surface area contributed by atoms with Gasteiger partial charge in [-0.2, -0.15) is 0 Å². The van der Waals surface area contributed by atoms with Crippen LogP contribution >= 0.6 is 0 Å². The third kappa shape index (κ3) is 4.09. The Kier molecular flexibility index (Phi) is 4.99. The van der Waals surface area contributed by atoms with Crippen LogP contribution in [0, 0.1) is 0 Å². The summed E-state index contributed by atoms with van der Waals surface area (Å²) in [6, 6.07) is 4.89. The molecule has 2 rings (SSSR count). The molecule has 0 aromatic heterocycles. The van der Waals surface area contributed by atoms with Gasteiger partial charge in [0.1, 0.15) is 0 Å². The van der Waals surface area contributed by atoms with Crippen LogP contribution in [-0.4, -0.2) is 49.6 Å². The van der Waals surface area contributed by atoms with Crippen molar-refractivity contribution in [2.24, 2.45) is 5.73 Å². The maximum absolute atomic E-state index is 12.0. The highest BCUT2D eigenvalue weighted by Gasteiger charge is 2.16. The summed E-state index contributed by atoms with van der Waals surface area (Å²) in [5, 5.41) is 3.06. The van der Waals surface area contributed by atoms with E-state index in [1.54, 1.807) is 17.0 Å². The molecular weight excluding hydrogens is 272 g/mol. The lowest BCUT2D eigenvalue weighted by molar-refractivity contribution is -0.134. The van der Waals surface area contributed by atoms with Crippen molar-refractivity contribution in [3.63, 3.8) is 0 Å². The van der Waals surface area contributed by atoms with Crippen LogP contribution in [0.3, 0.4) is 0 Å². The minimum Gasteiger partial charge on any atom is -0.399 e. The highest BCUT2D eigenvalue weighted by molar-refractivity contribution is 5.99. The number of primary amides is 1. The molecule has 1 aliphatic heterocycles. The lowest BCUT2D eigenvalue weighted by Crippen LogP contribution is -2.41. The zero-order valence-electron chi connectivity index (χ0n) is 11.8. The fourth-order valence-corrected chi connectivity index (χ4v) is 2.19. The summed E-state index contributed by atoms with van der Waals surface area (Å²) >= 11 is 0. The van der Waals surface area contributed by atoms with Crippen LogP contribution in [-0.2, 0) is 9.53 Å². The average molecular weight is 292 g/mol. The number of nitrogens with zero attached hydrogens (tertiary/aromatic N) is 1. The Labute approximate surface area is 123 Å². The molecule has 0 bridgehead atoms. The van der Waals surface area contributed by atoms with Gasteiger partial charge in [-0.1, -0.05) is 0 Å². The fourth-order valence-electron chi connectivity index (χ4n) is 2.19. The van der Waals surface area contributed by atoms with Crippen molar-refractivity contribution in [3.8, 4) is 0 Å². The summed E-state index contributed by atoms with van der Waals surface area (Å²) in [6.45, 7) is 2.87. The second-order valence-corrected chi connectivity index (χ2v) is 4.84. The van der Waals surface area contributed by atoms with Crippen molar-refractivity contribution in [1.82, 2.24) is 4.90 Å². The quantitative estimate of drug-likeness (QED) is 0.663. The van der Waals surface area contributed by atoms with Crippen molar-refractivity contribution >= 4 is 23.2 Å². The first-order chi connectivity index (χ1) is 10.1. The summed E-state index contributed by atoms with van der Waals surface area (Å²) in [7, 11) is 0. The van der Waals surface area contributed by atoms with Gasteiger partial charge in [0.25, 0.3) is 5.91 Å². The van der Waals surface area contributed by atoms with Crippen molar-refractivity contribution in [1.29, 1.82) is 0 Å². The maximum Gasteiger partial charge on any atom is 0.250 e. The van der Waals surface area contributed by atoms with Crippen LogP contribution in [0.5, 0.6) is 0 Å². The van der Waals surface area contributed by atoms with E-state index in [2.05, 4.69) is 5.32 Å². The van der Waals surface area contributed by atoms with Gasteiger partial charge in [0, 0.05) is 37.4 Å². The molecule has 0 atom stereocenters. The van der Waals surface area contributed by atoms with Gasteiger partial charge < -0.3 is 26.4 Å². The molecule has 1 aromatic rings. The van der Waals surface area contributed by atoms with Gasteiger partial charge in [-0.25, -0.2) is 0 Å². The molecule has 0 aliphatic carbocycles. The highest BCUT2D eigenvalue weighted by atomic mass is 16.5. The molecule has 1 saturated heterocycles. The summed E-state index contributed by atoms with van der Waals surface area (Å²) < 4.78 is 5.20. The van der Waals surface area contributed by atoms with E-state index in [4.69, 9.17) is 16.2 Å². The van der Waals surface area contributed by atoms with E-state index in [1.807, 2.05) is 0 Å². The third-order valence-corrected chi connectivity index (χ3v) is 3.33. The standard InChI is InChI=1S/C14H20N4O3/c15-10-1-2-12(11(9-10)14(16)20)17-4-3-13(19)18-5-7-21-8-6-18/h1-2,9,17H,3-8,15H2,(H2,16,20). The third-order valence-electron chi connectivity index (χ3n) is 3.33. The van der Waals surface area contributed by atoms with Crippen LogP contribution < -0.4 is 16.8 Å². The molecule has 2 amide bonds. The Hall–Kier alpha value is -2.28. The summed E-state index contributed by atoms with van der Waals surface area (Å²) in [5.74, 6) is -0.480. The molecule has 114 valence electrons. The van der Waals surface area contributed by atoms with Crippen LogP contribution in [0.1, 0.15) is 16.8 Å². The number of nitrogens with one attached hydrogen (secondary N) is 1. The number of benzene rings is 1. The largest absolute Gasteiger partial charge is 0.399 e. The van der Waals surface area contributed by atoms with Gasteiger partial charge in [0.2, 0.25) is 5.91 Å². The Morgan fingerprint density at radius 2 is 2.00 bits per heavy atom. The molecule has 0 spiro atoms. The second-order valence-electron chi connectivity index (χ2n) is 4.84. The van der Waals surface area contributed by atoms with Crippen LogP contribution in [0.2, 0.25) is 0 Å². The molecule has 0 saturated carbocycles. The predicted octanol–water partition coefficient (Wildman–Crippen LogP) is 0.0285. The first kappa shape index (κ1) is 15.1. The number of nitrogen functional groups attached to an aromatic ring is 1. The van der Waals surface area contributed by atoms with Gasteiger partial charge in [-0.15, -0.1) is 0 Å². The number of hydrogen-bond acceptors (Lipinski definition) is 5. The number of rotatable bonds is 5. The topological polar surface area (TPSA) is 111 Å². The lowest BCUT2D eigenvalue weighted by Gasteiger charge is -2.27. The smallest absolute Gasteiger partial charge is 0.250 e. The molecule has 0 radical (unpaired) electrons. The van der Waals surface area contributed by atoms with E-state index in [9.17, 15) is 9.59 Å². The predicted molar refractivity (Wildman–Crippen MR) is 79.9 cm³/mol. The molecule has 1 heterocycles. The number of hydrogen-bond donors (Lipinski definition) is 3. The Balaban J connectivity index is 1.88. The summed E-state index contributed by atoms with van der Waals surface area (Å²) in [5.41, 5.74) is 12.3. The van der Waals surface area contributed by atoms with E-state index in [0.717, 1.165) is 0 Å². The minimum atomic E-state index is -0.552. The molecule has 21 heavy (non-hydrogen) atoms. The lowest BCUT2D eigenvalue weighted by atomic mass is 10.1. The van der Waals surface area contributed by atoms with E-state index in [-0.39, 0.29) is 5.91 Å². The minimum absolute atomic E-state index is 0.0712. The molecule has 7 nitrogen and oxygen atoms in total. The van der Waals surface area contributed by atoms with Crippen molar-refractivity contribution in [3.05, 3.63) is 23.8 Å². The molecular formula is C14H20N4O3. The van der Waals surface area contributed by atoms with Crippen LogP contribution in [0.15, 0.2) is 18.2 Å². The van der Waals surface area contributed by atoms with Gasteiger partial charge in [-0.05, 0) is 18.2 Å². The number of morpholine rings is 1. The first-order valence-corrected chi connectivity index (χ1v) is 6.86. The first-order valence-electron chi connectivity index (χ1n) is 6.86. The van der Waals surface area contributed by atoms with Gasteiger partial charge in [0.05, 0.1) is 18.8 Å². The molecule has 5 N–H and O–H groups in total. The molecule has 1 fully saturated rings. The fraction of sp³-hybridized carbons (Fsp3) is 0.429. The molecule has 7 heteroatoms. The van der Waals surface area contributed by atoms with E-state index in [0.29, 0.717) is 56.2 Å². The number of carbonyl (C=O) groups excluding carboxylic acids is 2. The van der Waals surface area contributed by atoms with Gasteiger partial charge in [-0.3, -0.25) is 9.59 Å². The normalized spacial score (nSPS) is 14.8. The van der Waals surface area contributed by atoms with E-state index >= 15 is 0 Å².